The molecule has 0 aliphatic heterocycles. The number of nitrogens with one attached hydrogen (secondary N) is 3. The number of carbonyl (C=O) groups is 1. The smallest absolute Gasteiger partial charge is 0.251 e. The van der Waals surface area contributed by atoms with Crippen molar-refractivity contribution in [3.05, 3.63) is 34.3 Å². The molecular weight excluding hydrogens is 547 g/mol. The van der Waals surface area contributed by atoms with Crippen molar-refractivity contribution in [3.8, 4) is 0 Å². The Hall–Kier alpha value is -0.880. The van der Waals surface area contributed by atoms with E-state index in [-0.39, 0.29) is 41.7 Å². The second-order valence-electron chi connectivity index (χ2n) is 5.99. The van der Waals surface area contributed by atoms with Gasteiger partial charge in [0.25, 0.3) is 5.91 Å². The normalized spacial score (nSPS) is 12.7. The van der Waals surface area contributed by atoms with Gasteiger partial charge in [0.2, 0.25) is 0 Å². The Labute approximate surface area is 187 Å². The van der Waals surface area contributed by atoms with Crippen molar-refractivity contribution in [3.63, 3.8) is 0 Å². The van der Waals surface area contributed by atoms with Gasteiger partial charge in [0, 0.05) is 35.4 Å². The minimum absolute atomic E-state index is 0. The summed E-state index contributed by atoms with van der Waals surface area (Å²) in [5, 5.41) is 9.10. The van der Waals surface area contributed by atoms with Gasteiger partial charge >= 0.3 is 0 Å². The van der Waals surface area contributed by atoms with E-state index >= 15 is 0 Å². The molecule has 3 N–H and O–H groups in total. The van der Waals surface area contributed by atoms with Crippen LogP contribution < -0.4 is 16.0 Å². The van der Waals surface area contributed by atoms with Crippen LogP contribution in [0.3, 0.4) is 0 Å². The maximum Gasteiger partial charge on any atom is 0.251 e. The van der Waals surface area contributed by atoms with E-state index in [0.29, 0.717) is 37.6 Å². The SMILES string of the molecule is CCNC(=NCCNC(=O)c1cccc(Br)c1)NC(C)CCS(C)(=O)=O.I. The van der Waals surface area contributed by atoms with Gasteiger partial charge in [-0.15, -0.1) is 24.0 Å². The maximum absolute atomic E-state index is 12.1. The lowest BCUT2D eigenvalue weighted by molar-refractivity contribution is 0.0954. The molecule has 0 heterocycles. The maximum atomic E-state index is 12.1. The van der Waals surface area contributed by atoms with Crippen molar-refractivity contribution < 1.29 is 13.2 Å². The first-order valence-electron chi connectivity index (χ1n) is 8.47. The Bertz CT molecular complexity index is 729. The molecule has 1 amide bonds. The van der Waals surface area contributed by atoms with Crippen LogP contribution in [0.5, 0.6) is 0 Å². The van der Waals surface area contributed by atoms with E-state index in [9.17, 15) is 13.2 Å². The molecule has 0 bridgehead atoms. The van der Waals surface area contributed by atoms with Gasteiger partial charge in [0.05, 0.1) is 12.3 Å². The van der Waals surface area contributed by atoms with Crippen LogP contribution in [0, 0.1) is 0 Å². The van der Waals surface area contributed by atoms with Gasteiger partial charge in [-0.25, -0.2) is 8.42 Å². The van der Waals surface area contributed by atoms with Crippen LogP contribution in [0.15, 0.2) is 33.7 Å². The first-order valence-corrected chi connectivity index (χ1v) is 11.3. The minimum Gasteiger partial charge on any atom is -0.357 e. The van der Waals surface area contributed by atoms with E-state index < -0.39 is 9.84 Å². The Morgan fingerprint density at radius 1 is 1.30 bits per heavy atom. The molecule has 0 fully saturated rings. The van der Waals surface area contributed by atoms with Gasteiger partial charge in [0.15, 0.2) is 5.96 Å². The fourth-order valence-electron chi connectivity index (χ4n) is 2.09. The average molecular weight is 575 g/mol. The third kappa shape index (κ3) is 12.2. The summed E-state index contributed by atoms with van der Waals surface area (Å²) >= 11 is 3.34. The van der Waals surface area contributed by atoms with Crippen molar-refractivity contribution in [1.29, 1.82) is 0 Å². The number of halogens is 2. The molecule has 0 saturated carbocycles. The molecule has 0 aromatic heterocycles. The Kier molecular flexibility index (Phi) is 12.9. The predicted octanol–water partition coefficient (Wildman–Crippen LogP) is 2.18. The summed E-state index contributed by atoms with van der Waals surface area (Å²) in [6.07, 6.45) is 1.73. The molecule has 1 atom stereocenters. The van der Waals surface area contributed by atoms with Crippen molar-refractivity contribution in [2.45, 2.75) is 26.3 Å². The van der Waals surface area contributed by atoms with Crippen LogP contribution >= 0.6 is 39.9 Å². The molecule has 154 valence electrons. The quantitative estimate of drug-likeness (QED) is 0.182. The molecular formula is C17H28BrIN4O3S. The van der Waals surface area contributed by atoms with Crippen molar-refractivity contribution in [2.24, 2.45) is 4.99 Å². The highest BCUT2D eigenvalue weighted by Crippen LogP contribution is 2.11. The lowest BCUT2D eigenvalue weighted by Crippen LogP contribution is -2.43. The largest absolute Gasteiger partial charge is 0.357 e. The highest BCUT2D eigenvalue weighted by molar-refractivity contribution is 14.0. The second-order valence-corrected chi connectivity index (χ2v) is 9.17. The zero-order valence-electron chi connectivity index (χ0n) is 15.8. The minimum atomic E-state index is -2.98. The summed E-state index contributed by atoms with van der Waals surface area (Å²) in [4.78, 5) is 16.5. The topological polar surface area (TPSA) is 99.7 Å². The van der Waals surface area contributed by atoms with Crippen LogP contribution in [0.2, 0.25) is 0 Å². The number of carbonyl (C=O) groups excluding carboxylic acids is 1. The number of amides is 1. The van der Waals surface area contributed by atoms with Crippen LogP contribution in [-0.4, -0.2) is 58.0 Å². The molecule has 1 rings (SSSR count). The zero-order valence-corrected chi connectivity index (χ0v) is 20.5. The highest BCUT2D eigenvalue weighted by Gasteiger charge is 2.09. The number of nitrogens with zero attached hydrogens (tertiary/aromatic N) is 1. The Morgan fingerprint density at radius 2 is 2.00 bits per heavy atom. The molecule has 1 aromatic carbocycles. The molecule has 0 saturated heterocycles. The number of rotatable bonds is 9. The highest BCUT2D eigenvalue weighted by atomic mass is 127. The number of hydrogen-bond donors (Lipinski definition) is 3. The Balaban J connectivity index is 0.00000676. The fraction of sp³-hybridized carbons (Fsp3) is 0.529. The summed E-state index contributed by atoms with van der Waals surface area (Å²) < 4.78 is 23.3. The lowest BCUT2D eigenvalue weighted by atomic mass is 10.2. The van der Waals surface area contributed by atoms with Gasteiger partial charge in [-0.2, -0.15) is 0 Å². The lowest BCUT2D eigenvalue weighted by Gasteiger charge is -2.17. The summed E-state index contributed by atoms with van der Waals surface area (Å²) in [7, 11) is -2.98. The van der Waals surface area contributed by atoms with Crippen molar-refractivity contribution in [2.75, 3.05) is 31.6 Å². The molecule has 1 unspecified atom stereocenters. The molecule has 7 nitrogen and oxygen atoms in total. The van der Waals surface area contributed by atoms with Crippen LogP contribution in [0.4, 0.5) is 0 Å². The standard InChI is InChI=1S/C17H27BrN4O3S.HI/c1-4-19-17(22-13(2)8-11-26(3,24)25)21-10-9-20-16(23)14-6-5-7-15(18)12-14;/h5-7,12-13H,4,8-11H2,1-3H3,(H,20,23)(H2,19,21,22);1H. The summed E-state index contributed by atoms with van der Waals surface area (Å²) in [6.45, 7) is 5.36. The van der Waals surface area contributed by atoms with E-state index in [1.54, 1.807) is 12.1 Å². The third-order valence-corrected chi connectivity index (χ3v) is 4.87. The monoisotopic (exact) mass is 574 g/mol. The van der Waals surface area contributed by atoms with Gasteiger partial charge in [0.1, 0.15) is 9.84 Å². The molecule has 0 spiro atoms. The van der Waals surface area contributed by atoms with E-state index in [1.165, 1.54) is 6.26 Å². The summed E-state index contributed by atoms with van der Waals surface area (Å²) in [6, 6.07) is 7.15. The number of benzene rings is 1. The molecule has 1 aromatic rings. The Morgan fingerprint density at radius 3 is 2.59 bits per heavy atom. The zero-order chi connectivity index (χ0) is 19.6. The van der Waals surface area contributed by atoms with Gasteiger partial charge in [-0.1, -0.05) is 22.0 Å². The first kappa shape index (κ1) is 26.1. The summed E-state index contributed by atoms with van der Waals surface area (Å²) in [5.41, 5.74) is 0.586. The van der Waals surface area contributed by atoms with Crippen LogP contribution in [-0.2, 0) is 9.84 Å². The molecule has 0 aliphatic rings. The van der Waals surface area contributed by atoms with E-state index in [2.05, 4.69) is 36.9 Å². The summed E-state index contributed by atoms with van der Waals surface area (Å²) in [5.74, 6) is 0.578. The first-order chi connectivity index (χ1) is 12.2. The van der Waals surface area contributed by atoms with Gasteiger partial charge in [-0.05, 0) is 38.5 Å². The van der Waals surface area contributed by atoms with Crippen molar-refractivity contribution in [1.82, 2.24) is 16.0 Å². The van der Waals surface area contributed by atoms with Crippen molar-refractivity contribution >= 4 is 61.6 Å². The number of hydrogen-bond acceptors (Lipinski definition) is 4. The molecule has 0 aliphatic carbocycles. The van der Waals surface area contributed by atoms with E-state index in [0.717, 1.165) is 4.47 Å². The second kappa shape index (κ2) is 13.3. The molecule has 10 heteroatoms. The number of aliphatic imine (C=N–C) groups is 1. The average Bonchev–Trinajstić information content (AvgIpc) is 2.56. The van der Waals surface area contributed by atoms with Crippen LogP contribution in [0.25, 0.3) is 0 Å². The van der Waals surface area contributed by atoms with E-state index in [4.69, 9.17) is 0 Å². The predicted molar refractivity (Wildman–Crippen MR) is 125 cm³/mol. The number of sulfone groups is 1. The van der Waals surface area contributed by atoms with E-state index in [1.807, 2.05) is 26.0 Å². The molecule has 0 radical (unpaired) electrons. The fourth-order valence-corrected chi connectivity index (χ4v) is 3.27. The molecule has 27 heavy (non-hydrogen) atoms. The van der Waals surface area contributed by atoms with Crippen LogP contribution in [0.1, 0.15) is 30.6 Å². The van der Waals surface area contributed by atoms with Gasteiger partial charge < -0.3 is 16.0 Å². The van der Waals surface area contributed by atoms with Gasteiger partial charge in [-0.3, -0.25) is 9.79 Å². The third-order valence-electron chi connectivity index (χ3n) is 3.40. The number of guanidine groups is 1.